The van der Waals surface area contributed by atoms with Gasteiger partial charge >= 0.3 is 5.97 Å². The first-order chi connectivity index (χ1) is 11.6. The third-order valence-corrected chi connectivity index (χ3v) is 5.08. The third kappa shape index (κ3) is 3.48. The molecule has 0 aromatic carbocycles. The van der Waals surface area contributed by atoms with Crippen LogP contribution in [0, 0.1) is 0 Å². The summed E-state index contributed by atoms with van der Waals surface area (Å²) in [5, 5.41) is 3.46. The fraction of sp³-hybridized carbons (Fsp3) is 0.389. The first-order valence-electron chi connectivity index (χ1n) is 8.13. The van der Waals surface area contributed by atoms with Crippen molar-refractivity contribution < 1.29 is 14.3 Å². The largest absolute Gasteiger partial charge is 0.459 e. The smallest absolute Gasteiger partial charge is 0.341 e. The number of esters is 1. The Morgan fingerprint density at radius 3 is 2.79 bits per heavy atom. The van der Waals surface area contributed by atoms with E-state index in [0.29, 0.717) is 16.1 Å². The Bertz CT molecular complexity index is 753. The highest BCUT2D eigenvalue weighted by atomic mass is 32.1. The van der Waals surface area contributed by atoms with Crippen molar-refractivity contribution in [1.29, 1.82) is 0 Å². The summed E-state index contributed by atoms with van der Waals surface area (Å²) in [6, 6.07) is 3.41. The Balaban J connectivity index is 1.93. The Labute approximate surface area is 145 Å². The summed E-state index contributed by atoms with van der Waals surface area (Å²) in [6.45, 7) is 3.65. The number of nitrogens with zero attached hydrogens (tertiary/aromatic N) is 1. The zero-order chi connectivity index (χ0) is 17.1. The van der Waals surface area contributed by atoms with Crippen LogP contribution in [0.25, 0.3) is 0 Å². The van der Waals surface area contributed by atoms with E-state index in [0.717, 1.165) is 31.2 Å². The van der Waals surface area contributed by atoms with Crippen LogP contribution in [0.5, 0.6) is 0 Å². The van der Waals surface area contributed by atoms with Gasteiger partial charge in [0, 0.05) is 17.3 Å². The van der Waals surface area contributed by atoms with Crippen molar-refractivity contribution in [3.63, 3.8) is 0 Å². The number of ether oxygens (including phenoxy) is 1. The summed E-state index contributed by atoms with van der Waals surface area (Å²) >= 11 is 1.49. The first-order valence-corrected chi connectivity index (χ1v) is 8.95. The highest BCUT2D eigenvalue weighted by molar-refractivity contribution is 7.17. The Hall–Kier alpha value is -2.21. The molecule has 0 aliphatic heterocycles. The number of fused-ring (bicyclic) bond motifs is 1. The van der Waals surface area contributed by atoms with E-state index < -0.39 is 0 Å². The molecular formula is C18H20N2O3S. The molecule has 6 heteroatoms. The number of thiophene rings is 1. The van der Waals surface area contributed by atoms with Gasteiger partial charge in [0.2, 0.25) is 0 Å². The van der Waals surface area contributed by atoms with Gasteiger partial charge in [-0.3, -0.25) is 9.78 Å². The van der Waals surface area contributed by atoms with Crippen molar-refractivity contribution in [3.05, 3.63) is 46.1 Å². The fourth-order valence-electron chi connectivity index (χ4n) is 2.82. The van der Waals surface area contributed by atoms with Gasteiger partial charge < -0.3 is 10.1 Å². The predicted octanol–water partition coefficient (Wildman–Crippen LogP) is 3.84. The average Bonchev–Trinajstić information content (AvgIpc) is 2.92. The highest BCUT2D eigenvalue weighted by Gasteiger charge is 2.28. The van der Waals surface area contributed by atoms with Gasteiger partial charge in [-0.25, -0.2) is 4.79 Å². The number of nitrogens with one attached hydrogen (secondary N) is 1. The summed E-state index contributed by atoms with van der Waals surface area (Å²) in [7, 11) is 0. The molecule has 1 aliphatic rings. The van der Waals surface area contributed by atoms with Crippen LogP contribution in [0.3, 0.4) is 0 Å². The molecule has 5 nitrogen and oxygen atoms in total. The molecule has 0 atom stereocenters. The summed E-state index contributed by atoms with van der Waals surface area (Å²) in [5.41, 5.74) is 2.03. The second-order valence-electron chi connectivity index (χ2n) is 6.06. The van der Waals surface area contributed by atoms with Crippen LogP contribution in [0.4, 0.5) is 5.00 Å². The molecule has 1 amide bonds. The van der Waals surface area contributed by atoms with Crippen LogP contribution in [-0.2, 0) is 17.6 Å². The molecule has 2 aromatic heterocycles. The molecule has 2 heterocycles. The van der Waals surface area contributed by atoms with Crippen molar-refractivity contribution in [1.82, 2.24) is 4.98 Å². The number of amides is 1. The molecule has 3 rings (SSSR count). The highest BCUT2D eigenvalue weighted by Crippen LogP contribution is 2.38. The number of rotatable bonds is 4. The number of hydrogen-bond donors (Lipinski definition) is 1. The lowest BCUT2D eigenvalue weighted by atomic mass is 9.95. The van der Waals surface area contributed by atoms with Crippen molar-refractivity contribution >= 4 is 28.2 Å². The second kappa shape index (κ2) is 7.13. The molecule has 0 saturated heterocycles. The fourth-order valence-corrected chi connectivity index (χ4v) is 4.09. The molecule has 0 saturated carbocycles. The van der Waals surface area contributed by atoms with E-state index in [9.17, 15) is 9.59 Å². The van der Waals surface area contributed by atoms with Gasteiger partial charge in [0.1, 0.15) is 5.00 Å². The monoisotopic (exact) mass is 344 g/mol. The first kappa shape index (κ1) is 16.6. The van der Waals surface area contributed by atoms with E-state index in [4.69, 9.17) is 4.74 Å². The lowest BCUT2D eigenvalue weighted by Crippen LogP contribution is -2.18. The van der Waals surface area contributed by atoms with Gasteiger partial charge in [0.05, 0.1) is 17.2 Å². The zero-order valence-electron chi connectivity index (χ0n) is 13.8. The Morgan fingerprint density at radius 1 is 1.29 bits per heavy atom. The average molecular weight is 344 g/mol. The molecular weight excluding hydrogens is 324 g/mol. The second-order valence-corrected chi connectivity index (χ2v) is 7.17. The Kier molecular flexibility index (Phi) is 4.94. The van der Waals surface area contributed by atoms with E-state index in [1.54, 1.807) is 18.3 Å². The maximum absolute atomic E-state index is 12.5. The number of pyridine rings is 1. The molecule has 24 heavy (non-hydrogen) atoms. The van der Waals surface area contributed by atoms with Gasteiger partial charge in [-0.2, -0.15) is 0 Å². The van der Waals surface area contributed by atoms with Crippen LogP contribution in [0.2, 0.25) is 0 Å². The van der Waals surface area contributed by atoms with E-state index in [-0.39, 0.29) is 18.0 Å². The van der Waals surface area contributed by atoms with Crippen molar-refractivity contribution in [2.24, 2.45) is 0 Å². The van der Waals surface area contributed by atoms with Crippen molar-refractivity contribution in [2.45, 2.75) is 45.6 Å². The number of hydrogen-bond acceptors (Lipinski definition) is 5. The number of aryl methyl sites for hydroxylation is 1. The van der Waals surface area contributed by atoms with E-state index in [2.05, 4.69) is 10.3 Å². The maximum Gasteiger partial charge on any atom is 0.341 e. The van der Waals surface area contributed by atoms with Crippen LogP contribution in [0.1, 0.15) is 57.8 Å². The quantitative estimate of drug-likeness (QED) is 0.856. The summed E-state index contributed by atoms with van der Waals surface area (Å²) < 4.78 is 5.39. The molecule has 0 bridgehead atoms. The molecule has 126 valence electrons. The van der Waals surface area contributed by atoms with Crippen LogP contribution in [0.15, 0.2) is 24.5 Å². The number of carbonyl (C=O) groups is 2. The lowest BCUT2D eigenvalue weighted by molar-refractivity contribution is 0.0378. The molecule has 2 aromatic rings. The molecule has 0 unspecified atom stereocenters. The van der Waals surface area contributed by atoms with E-state index in [1.165, 1.54) is 22.4 Å². The third-order valence-electron chi connectivity index (χ3n) is 3.87. The lowest BCUT2D eigenvalue weighted by Gasteiger charge is -2.14. The van der Waals surface area contributed by atoms with Crippen molar-refractivity contribution in [2.75, 3.05) is 5.32 Å². The van der Waals surface area contributed by atoms with Crippen LogP contribution >= 0.6 is 11.3 Å². The molecule has 0 fully saturated rings. The maximum atomic E-state index is 12.5. The molecule has 1 N–H and O–H groups in total. The van der Waals surface area contributed by atoms with Gasteiger partial charge in [-0.05, 0) is 57.2 Å². The van der Waals surface area contributed by atoms with Gasteiger partial charge in [-0.1, -0.05) is 0 Å². The molecule has 0 spiro atoms. The van der Waals surface area contributed by atoms with E-state index >= 15 is 0 Å². The predicted molar refractivity (Wildman–Crippen MR) is 93.7 cm³/mol. The van der Waals surface area contributed by atoms with Gasteiger partial charge in [0.25, 0.3) is 5.91 Å². The number of carbonyl (C=O) groups excluding carboxylic acids is 2. The summed E-state index contributed by atoms with van der Waals surface area (Å²) in [5.74, 6) is -0.619. The van der Waals surface area contributed by atoms with Crippen molar-refractivity contribution in [3.8, 4) is 0 Å². The summed E-state index contributed by atoms with van der Waals surface area (Å²) in [4.78, 5) is 30.1. The summed E-state index contributed by atoms with van der Waals surface area (Å²) in [6.07, 6.45) is 6.91. The standard InChI is InChI=1S/C18H20N2O3S/c1-11(2)23-18(22)15-13-7-3-4-8-14(13)24-17(15)20-16(21)12-6-5-9-19-10-12/h5-6,9-11H,3-4,7-8H2,1-2H3,(H,20,21). The van der Waals surface area contributed by atoms with E-state index in [1.807, 2.05) is 13.8 Å². The van der Waals surface area contributed by atoms with Crippen LogP contribution < -0.4 is 5.32 Å². The van der Waals surface area contributed by atoms with Gasteiger partial charge in [-0.15, -0.1) is 11.3 Å². The minimum Gasteiger partial charge on any atom is -0.459 e. The Morgan fingerprint density at radius 2 is 2.08 bits per heavy atom. The minimum atomic E-state index is -0.356. The topological polar surface area (TPSA) is 68.3 Å². The minimum absolute atomic E-state index is 0.196. The SMILES string of the molecule is CC(C)OC(=O)c1c(NC(=O)c2cccnc2)sc2c1CCCC2. The van der Waals surface area contributed by atoms with Gasteiger partial charge in [0.15, 0.2) is 0 Å². The van der Waals surface area contributed by atoms with Crippen LogP contribution in [-0.4, -0.2) is 23.0 Å². The normalized spacial score (nSPS) is 13.5. The molecule has 1 aliphatic carbocycles. The number of anilines is 1. The number of aromatic nitrogens is 1. The zero-order valence-corrected chi connectivity index (χ0v) is 14.6. The molecule has 0 radical (unpaired) electrons.